The molecule has 0 spiro atoms. The molecule has 3 saturated heterocycles. The van der Waals surface area contributed by atoms with Crippen LogP contribution in [-0.4, -0.2) is 114 Å². The summed E-state index contributed by atoms with van der Waals surface area (Å²) in [5, 5.41) is 10.7. The van der Waals surface area contributed by atoms with Gasteiger partial charge in [0.15, 0.2) is 17.7 Å². The number of esters is 2. The van der Waals surface area contributed by atoms with Crippen molar-refractivity contribution in [3.05, 3.63) is 0 Å². The van der Waals surface area contributed by atoms with Crippen molar-refractivity contribution < 1.29 is 48.0 Å². The predicted molar refractivity (Wildman–Crippen MR) is 169 cm³/mol. The summed E-state index contributed by atoms with van der Waals surface area (Å²) < 4.78 is 30.6. The maximum atomic E-state index is 14.2. The van der Waals surface area contributed by atoms with E-state index in [2.05, 4.69) is 0 Å². The normalized spacial score (nSPS) is 45.6. The summed E-state index contributed by atoms with van der Waals surface area (Å²) in [6.07, 6.45) is -1.36. The monoisotopic (exact) mass is 657 g/mol. The van der Waals surface area contributed by atoms with E-state index in [1.807, 2.05) is 39.8 Å². The summed E-state index contributed by atoms with van der Waals surface area (Å²) in [7, 11) is 5.24. The lowest BCUT2D eigenvalue weighted by Crippen LogP contribution is -2.59. The molecule has 45 heavy (non-hydrogen) atoms. The molecular weight excluding hydrogens is 602 g/mol. The number of hydrogen-bond donors (Lipinski definition) is 1. The summed E-state index contributed by atoms with van der Waals surface area (Å²) in [4.78, 5) is 56.9. The molecule has 0 aromatic rings. The molecule has 0 amide bonds. The van der Waals surface area contributed by atoms with Gasteiger partial charge in [0.25, 0.3) is 0 Å². The van der Waals surface area contributed by atoms with Crippen molar-refractivity contribution in [2.45, 2.75) is 128 Å². The van der Waals surface area contributed by atoms with Gasteiger partial charge in [-0.2, -0.15) is 0 Å². The van der Waals surface area contributed by atoms with E-state index in [9.17, 15) is 24.3 Å². The minimum Gasteiger partial charge on any atom is -0.458 e. The second-order valence-corrected chi connectivity index (χ2v) is 15.0. The van der Waals surface area contributed by atoms with Crippen molar-refractivity contribution >= 4 is 35.3 Å². The highest BCUT2D eigenvalue weighted by molar-refractivity contribution is 7.99. The van der Waals surface area contributed by atoms with Gasteiger partial charge in [-0.3, -0.25) is 19.2 Å². The van der Waals surface area contributed by atoms with Gasteiger partial charge in [-0.05, 0) is 67.3 Å². The summed E-state index contributed by atoms with van der Waals surface area (Å²) >= 11 is 1.31. The predicted octanol–water partition coefficient (Wildman–Crippen LogP) is 3.27. The molecule has 0 aromatic heterocycles. The Kier molecular flexibility index (Phi) is 12.4. The minimum atomic E-state index is -1.27. The van der Waals surface area contributed by atoms with Crippen LogP contribution in [0.15, 0.2) is 0 Å². The molecular formula is C33H55NO10S. The first-order valence-corrected chi connectivity index (χ1v) is 17.4. The first-order chi connectivity index (χ1) is 20.9. The number of carbonyl (C=O) groups is 4. The average molecular weight is 658 g/mol. The fourth-order valence-electron chi connectivity index (χ4n) is 7.82. The van der Waals surface area contributed by atoms with Gasteiger partial charge in [0.05, 0.1) is 17.8 Å². The van der Waals surface area contributed by atoms with Crippen LogP contribution in [-0.2, 0) is 42.9 Å². The van der Waals surface area contributed by atoms with Gasteiger partial charge < -0.3 is 33.7 Å². The Hall–Kier alpha value is -1.57. The fraction of sp³-hybridized carbons (Fsp3) is 0.879. The van der Waals surface area contributed by atoms with Crippen molar-refractivity contribution in [2.24, 2.45) is 29.6 Å². The van der Waals surface area contributed by atoms with Gasteiger partial charge in [-0.25, -0.2) is 0 Å². The van der Waals surface area contributed by atoms with E-state index in [4.69, 9.17) is 23.7 Å². The molecule has 1 N–H and O–H groups in total. The Morgan fingerprint density at radius 2 is 1.62 bits per heavy atom. The SMILES string of the molecule is CC[C@H]1OC(=O)[C@H](C)C(=O)[C@H](C)[C@@H](O[C@@H]2O[C@H](C)C[C@H](N(C)C)[C@H]2O)[C@](C)(OC)C[C@@H](C)C(=O)C(C)C2C(SC)C(=O)O[C@@]21C. The van der Waals surface area contributed by atoms with Crippen molar-refractivity contribution in [3.63, 3.8) is 0 Å². The van der Waals surface area contributed by atoms with Crippen LogP contribution in [0.1, 0.15) is 74.7 Å². The minimum absolute atomic E-state index is 0.105. The number of Topliss-reactive ketones (excluding diaryl/α,β-unsaturated/α-hetero) is 2. The van der Waals surface area contributed by atoms with E-state index in [-0.39, 0.29) is 24.3 Å². The van der Waals surface area contributed by atoms with Crippen LogP contribution in [0.5, 0.6) is 0 Å². The largest absolute Gasteiger partial charge is 0.458 e. The summed E-state index contributed by atoms with van der Waals surface area (Å²) in [5.74, 6) is -5.64. The molecule has 3 aliphatic rings. The highest BCUT2D eigenvalue weighted by Crippen LogP contribution is 2.48. The maximum absolute atomic E-state index is 14.2. The third-order valence-corrected chi connectivity index (χ3v) is 11.5. The molecule has 3 fully saturated rings. The second kappa shape index (κ2) is 14.7. The van der Waals surface area contributed by atoms with Crippen LogP contribution in [0.4, 0.5) is 0 Å². The zero-order chi connectivity index (χ0) is 34.2. The maximum Gasteiger partial charge on any atom is 0.320 e. The van der Waals surface area contributed by atoms with E-state index in [1.165, 1.54) is 25.8 Å². The number of aliphatic hydroxyl groups is 1. The standard InChI is InChI=1S/C33H55NO10S/c1-13-22-33(8)23(27(45-12)30(39)44-33)18(4)24(35)16(2)15-32(7,40-11)28(19(5)25(36)20(6)29(38)42-22)43-31-26(37)21(34(9)10)14-17(3)41-31/h16-23,26-28,31,37H,13-15H2,1-12H3/t16-,17-,18?,19+,20-,21+,22-,23?,26-,27?,28-,31+,32-,33-/m1/s1. The van der Waals surface area contributed by atoms with Crippen molar-refractivity contribution in [2.75, 3.05) is 27.5 Å². The molecule has 3 unspecified atom stereocenters. The van der Waals surface area contributed by atoms with Gasteiger partial charge >= 0.3 is 11.9 Å². The molecule has 258 valence electrons. The lowest BCUT2D eigenvalue weighted by atomic mass is 9.70. The average Bonchev–Trinajstić information content (AvgIpc) is 3.26. The van der Waals surface area contributed by atoms with E-state index in [0.717, 1.165) is 0 Å². The molecule has 3 heterocycles. The Balaban J connectivity index is 2.13. The smallest absolute Gasteiger partial charge is 0.320 e. The molecule has 0 bridgehead atoms. The molecule has 0 saturated carbocycles. The molecule has 11 nitrogen and oxygen atoms in total. The number of methoxy groups -OCH3 is 1. The summed E-state index contributed by atoms with van der Waals surface area (Å²) in [5.41, 5.74) is -2.49. The second-order valence-electron chi connectivity index (χ2n) is 14.0. The highest BCUT2D eigenvalue weighted by Gasteiger charge is 2.61. The Bertz CT molecular complexity index is 1100. The van der Waals surface area contributed by atoms with Gasteiger partial charge in [-0.15, -0.1) is 11.8 Å². The number of aliphatic hydroxyl groups excluding tert-OH is 1. The number of rotatable bonds is 6. The number of likely N-dealkylation sites (N-methyl/N-ethyl adjacent to an activating group) is 1. The third-order valence-electron chi connectivity index (χ3n) is 10.6. The van der Waals surface area contributed by atoms with Crippen LogP contribution in [0.2, 0.25) is 0 Å². The number of ether oxygens (including phenoxy) is 5. The van der Waals surface area contributed by atoms with Gasteiger partial charge in [0.1, 0.15) is 29.2 Å². The number of ketones is 2. The van der Waals surface area contributed by atoms with E-state index in [0.29, 0.717) is 12.8 Å². The lowest BCUT2D eigenvalue weighted by molar-refractivity contribution is -0.295. The number of thioether (sulfide) groups is 1. The van der Waals surface area contributed by atoms with E-state index in [1.54, 1.807) is 34.0 Å². The van der Waals surface area contributed by atoms with Crippen molar-refractivity contribution in [1.29, 1.82) is 0 Å². The molecule has 0 aromatic carbocycles. The number of cyclic esters (lactones) is 1. The van der Waals surface area contributed by atoms with Crippen LogP contribution >= 0.6 is 11.8 Å². The van der Waals surface area contributed by atoms with Crippen LogP contribution < -0.4 is 0 Å². The molecule has 14 atom stereocenters. The number of hydrogen-bond acceptors (Lipinski definition) is 12. The van der Waals surface area contributed by atoms with Crippen molar-refractivity contribution in [3.8, 4) is 0 Å². The Morgan fingerprint density at radius 1 is 1.00 bits per heavy atom. The molecule has 12 heteroatoms. The number of fused-ring (bicyclic) bond motifs is 1. The quantitative estimate of drug-likeness (QED) is 0.332. The molecule has 3 aliphatic heterocycles. The fourth-order valence-corrected chi connectivity index (χ4v) is 8.86. The Labute approximate surface area is 272 Å². The van der Waals surface area contributed by atoms with Crippen LogP contribution in [0.25, 0.3) is 0 Å². The lowest BCUT2D eigenvalue weighted by Gasteiger charge is -2.47. The first-order valence-electron chi connectivity index (χ1n) is 16.1. The van der Waals surface area contributed by atoms with Crippen molar-refractivity contribution in [1.82, 2.24) is 4.90 Å². The van der Waals surface area contributed by atoms with E-state index < -0.39 is 88.4 Å². The molecule has 0 radical (unpaired) electrons. The molecule has 0 aliphatic carbocycles. The zero-order valence-electron chi connectivity index (χ0n) is 29.0. The van der Waals surface area contributed by atoms with Crippen LogP contribution in [0, 0.1) is 29.6 Å². The summed E-state index contributed by atoms with van der Waals surface area (Å²) in [6, 6.07) is -0.256. The number of carbonyl (C=O) groups excluding carboxylic acids is 4. The van der Waals surface area contributed by atoms with Crippen LogP contribution in [0.3, 0.4) is 0 Å². The first kappa shape index (κ1) is 37.9. The zero-order valence-corrected chi connectivity index (χ0v) is 29.8. The summed E-state index contributed by atoms with van der Waals surface area (Å²) in [6.45, 7) is 14.0. The van der Waals surface area contributed by atoms with E-state index >= 15 is 0 Å². The van der Waals surface area contributed by atoms with Gasteiger partial charge in [0.2, 0.25) is 0 Å². The third kappa shape index (κ3) is 7.31. The molecule has 3 rings (SSSR count). The topological polar surface area (TPSA) is 138 Å². The Morgan fingerprint density at radius 3 is 2.16 bits per heavy atom. The number of nitrogens with zero attached hydrogens (tertiary/aromatic N) is 1. The van der Waals surface area contributed by atoms with Gasteiger partial charge in [0, 0.05) is 36.8 Å². The van der Waals surface area contributed by atoms with Gasteiger partial charge in [-0.1, -0.05) is 27.7 Å². The highest BCUT2D eigenvalue weighted by atomic mass is 32.2.